The smallest absolute Gasteiger partial charge is 0.384 e. The van der Waals surface area contributed by atoms with Gasteiger partial charge in [-0.1, -0.05) is 23.5 Å². The highest BCUT2D eigenvalue weighted by Crippen LogP contribution is 2.20. The van der Waals surface area contributed by atoms with Crippen LogP contribution in [0.5, 0.6) is 0 Å². The summed E-state index contributed by atoms with van der Waals surface area (Å²) in [7, 11) is 0. The lowest BCUT2D eigenvalue weighted by Crippen LogP contribution is -2.39. The van der Waals surface area contributed by atoms with Gasteiger partial charge < -0.3 is 10.0 Å². The highest BCUT2D eigenvalue weighted by atomic mass is 19.4. The molecule has 6 heteroatoms. The summed E-state index contributed by atoms with van der Waals surface area (Å²) in [6.45, 7) is 1.47. The van der Waals surface area contributed by atoms with Gasteiger partial charge in [0.1, 0.15) is 13.2 Å². The third-order valence-corrected chi connectivity index (χ3v) is 2.75. The Morgan fingerprint density at radius 3 is 2.57 bits per heavy atom. The van der Waals surface area contributed by atoms with E-state index in [0.717, 1.165) is 10.5 Å². The molecule has 0 saturated heterocycles. The fraction of sp³-hybridized carbons (Fsp3) is 0.400. The molecule has 1 aromatic rings. The van der Waals surface area contributed by atoms with Crippen LogP contribution in [0, 0.1) is 18.8 Å². The monoisotopic (exact) mass is 299 g/mol. The van der Waals surface area contributed by atoms with Gasteiger partial charge in [0.2, 0.25) is 0 Å². The second-order valence-corrected chi connectivity index (χ2v) is 4.44. The number of nitrogens with zero attached hydrogens (tertiary/aromatic N) is 1. The van der Waals surface area contributed by atoms with Gasteiger partial charge >= 0.3 is 6.18 Å². The van der Waals surface area contributed by atoms with Crippen molar-refractivity contribution >= 4 is 5.91 Å². The number of benzene rings is 1. The molecule has 1 amide bonds. The maximum atomic E-state index is 12.5. The first-order chi connectivity index (χ1) is 9.78. The first kappa shape index (κ1) is 17.1. The van der Waals surface area contributed by atoms with Gasteiger partial charge in [-0.25, -0.2) is 0 Å². The van der Waals surface area contributed by atoms with Crippen molar-refractivity contribution in [1.29, 1.82) is 0 Å². The van der Waals surface area contributed by atoms with E-state index in [0.29, 0.717) is 5.56 Å². The third kappa shape index (κ3) is 5.12. The van der Waals surface area contributed by atoms with E-state index in [4.69, 9.17) is 5.11 Å². The molecule has 0 saturated carbocycles. The summed E-state index contributed by atoms with van der Waals surface area (Å²) < 4.78 is 37.5. The predicted molar refractivity (Wildman–Crippen MR) is 72.8 cm³/mol. The minimum Gasteiger partial charge on any atom is -0.384 e. The molecule has 1 rings (SSSR count). The van der Waals surface area contributed by atoms with Gasteiger partial charge in [0.25, 0.3) is 5.91 Å². The van der Waals surface area contributed by atoms with E-state index in [9.17, 15) is 18.0 Å². The molecule has 0 radical (unpaired) electrons. The van der Waals surface area contributed by atoms with Crippen molar-refractivity contribution in [2.45, 2.75) is 20.0 Å². The number of aliphatic hydroxyl groups is 1. The number of hydrogen-bond acceptors (Lipinski definition) is 2. The number of amides is 1. The molecular weight excluding hydrogens is 283 g/mol. The van der Waals surface area contributed by atoms with Crippen molar-refractivity contribution in [2.24, 2.45) is 0 Å². The van der Waals surface area contributed by atoms with Crippen LogP contribution >= 0.6 is 0 Å². The highest BCUT2D eigenvalue weighted by Gasteiger charge is 2.33. The summed E-state index contributed by atoms with van der Waals surface area (Å²) in [5.41, 5.74) is 1.17. The predicted octanol–water partition coefficient (Wildman–Crippen LogP) is 2.36. The average molecular weight is 299 g/mol. The fourth-order valence-electron chi connectivity index (χ4n) is 1.79. The molecule has 0 aliphatic heterocycles. The maximum Gasteiger partial charge on any atom is 0.406 e. The normalized spacial score (nSPS) is 10.8. The fourth-order valence-corrected chi connectivity index (χ4v) is 1.79. The Kier molecular flexibility index (Phi) is 5.79. The number of carbonyl (C=O) groups excluding carboxylic acids is 1. The SMILES string of the molecule is CCN(CC(F)(F)F)C(=O)c1cc(C)ccc1C#CCO. The first-order valence-corrected chi connectivity index (χ1v) is 6.35. The molecule has 0 bridgehead atoms. The van der Waals surface area contributed by atoms with Crippen molar-refractivity contribution in [3.05, 3.63) is 34.9 Å². The molecule has 3 nitrogen and oxygen atoms in total. The zero-order chi connectivity index (χ0) is 16.0. The van der Waals surface area contributed by atoms with Crippen molar-refractivity contribution in [2.75, 3.05) is 19.7 Å². The van der Waals surface area contributed by atoms with Crippen molar-refractivity contribution in [1.82, 2.24) is 4.90 Å². The van der Waals surface area contributed by atoms with E-state index in [1.165, 1.54) is 13.0 Å². The number of rotatable bonds is 3. The van der Waals surface area contributed by atoms with E-state index in [2.05, 4.69) is 11.8 Å². The molecule has 0 aliphatic rings. The summed E-state index contributed by atoms with van der Waals surface area (Å²) >= 11 is 0. The van der Waals surface area contributed by atoms with Crippen LogP contribution < -0.4 is 0 Å². The molecule has 1 aromatic carbocycles. The average Bonchev–Trinajstić information content (AvgIpc) is 2.41. The second kappa shape index (κ2) is 7.14. The van der Waals surface area contributed by atoms with Crippen LogP contribution in [0.15, 0.2) is 18.2 Å². The highest BCUT2D eigenvalue weighted by molar-refractivity contribution is 5.97. The van der Waals surface area contributed by atoms with E-state index in [-0.39, 0.29) is 18.7 Å². The van der Waals surface area contributed by atoms with Crippen LogP contribution in [0.2, 0.25) is 0 Å². The minimum atomic E-state index is -4.45. The lowest BCUT2D eigenvalue weighted by atomic mass is 10.0. The zero-order valence-corrected chi connectivity index (χ0v) is 11.8. The lowest BCUT2D eigenvalue weighted by Gasteiger charge is -2.23. The first-order valence-electron chi connectivity index (χ1n) is 6.35. The van der Waals surface area contributed by atoms with Gasteiger partial charge in [0.05, 0.1) is 5.56 Å². The molecule has 0 heterocycles. The van der Waals surface area contributed by atoms with Gasteiger partial charge in [-0.15, -0.1) is 0 Å². The van der Waals surface area contributed by atoms with Crippen LogP contribution in [0.1, 0.15) is 28.4 Å². The van der Waals surface area contributed by atoms with Crippen LogP contribution in [0.3, 0.4) is 0 Å². The van der Waals surface area contributed by atoms with Crippen LogP contribution in [0.25, 0.3) is 0 Å². The number of aliphatic hydroxyl groups excluding tert-OH is 1. The molecule has 0 unspecified atom stereocenters. The number of hydrogen-bond donors (Lipinski definition) is 1. The van der Waals surface area contributed by atoms with Crippen LogP contribution in [0.4, 0.5) is 13.2 Å². The number of alkyl halides is 3. The Morgan fingerprint density at radius 2 is 2.05 bits per heavy atom. The Hall–Kier alpha value is -2.00. The van der Waals surface area contributed by atoms with Crippen molar-refractivity contribution in [3.8, 4) is 11.8 Å². The molecule has 0 atom stereocenters. The van der Waals surface area contributed by atoms with E-state index >= 15 is 0 Å². The van der Waals surface area contributed by atoms with Gasteiger partial charge in [-0.3, -0.25) is 4.79 Å². The molecule has 1 N–H and O–H groups in total. The van der Waals surface area contributed by atoms with E-state index in [1.54, 1.807) is 19.1 Å². The summed E-state index contributed by atoms with van der Waals surface area (Å²) in [6, 6.07) is 4.77. The van der Waals surface area contributed by atoms with E-state index in [1.807, 2.05) is 0 Å². The maximum absolute atomic E-state index is 12.5. The largest absolute Gasteiger partial charge is 0.406 e. The quantitative estimate of drug-likeness (QED) is 0.871. The molecule has 0 aromatic heterocycles. The Bertz CT molecular complexity index is 571. The Labute approximate surface area is 121 Å². The molecule has 114 valence electrons. The van der Waals surface area contributed by atoms with Crippen molar-refractivity contribution < 1.29 is 23.1 Å². The van der Waals surface area contributed by atoms with Gasteiger partial charge in [-0.05, 0) is 26.0 Å². The summed E-state index contributed by atoms with van der Waals surface area (Å²) in [5.74, 6) is 4.26. The molecule has 21 heavy (non-hydrogen) atoms. The topological polar surface area (TPSA) is 40.5 Å². The van der Waals surface area contributed by atoms with Gasteiger partial charge in [0, 0.05) is 12.1 Å². The Morgan fingerprint density at radius 1 is 1.38 bits per heavy atom. The number of halogens is 3. The standard InChI is InChI=1S/C15H16F3NO2/c1-3-19(10-15(16,17)18)14(21)13-9-11(2)6-7-12(13)5-4-8-20/h6-7,9,20H,3,8,10H2,1-2H3. The lowest BCUT2D eigenvalue weighted by molar-refractivity contribution is -0.140. The minimum absolute atomic E-state index is 0.0564. The van der Waals surface area contributed by atoms with Gasteiger partial charge in [-0.2, -0.15) is 13.2 Å². The van der Waals surface area contributed by atoms with Gasteiger partial charge in [0.15, 0.2) is 0 Å². The van der Waals surface area contributed by atoms with E-state index < -0.39 is 18.6 Å². The summed E-state index contributed by atoms with van der Waals surface area (Å²) in [6.07, 6.45) is -4.45. The molecule has 0 fully saturated rings. The van der Waals surface area contributed by atoms with Crippen LogP contribution in [-0.2, 0) is 0 Å². The van der Waals surface area contributed by atoms with Crippen molar-refractivity contribution in [3.63, 3.8) is 0 Å². The zero-order valence-electron chi connectivity index (χ0n) is 11.8. The second-order valence-electron chi connectivity index (χ2n) is 4.44. The third-order valence-electron chi connectivity index (χ3n) is 2.75. The summed E-state index contributed by atoms with van der Waals surface area (Å²) in [4.78, 5) is 13.0. The molecule has 0 spiro atoms. The Balaban J connectivity index is 3.17. The summed E-state index contributed by atoms with van der Waals surface area (Å²) in [5, 5.41) is 8.70. The number of carbonyl (C=O) groups is 1. The molecule has 0 aliphatic carbocycles. The molecular formula is C15H16F3NO2. The number of aryl methyl sites for hydroxylation is 1. The van der Waals surface area contributed by atoms with Crippen LogP contribution in [-0.4, -0.2) is 41.8 Å².